The van der Waals surface area contributed by atoms with E-state index in [1.54, 1.807) is 0 Å². The standard InChI is InChI=1S/C12H12IN/c1-7-4-8(2)10-5-14-6-11(13)12(10)9(7)3/h4-6H,1-3H3. The number of rotatable bonds is 0. The molecule has 0 aliphatic carbocycles. The van der Waals surface area contributed by atoms with Crippen molar-refractivity contribution in [1.82, 2.24) is 4.98 Å². The summed E-state index contributed by atoms with van der Waals surface area (Å²) in [5, 5.41) is 2.64. The predicted molar refractivity (Wildman–Crippen MR) is 68.7 cm³/mol. The van der Waals surface area contributed by atoms with Gasteiger partial charge in [-0.05, 0) is 60.1 Å². The molecule has 0 atom stereocenters. The number of halogens is 1. The van der Waals surface area contributed by atoms with Crippen LogP contribution in [0.15, 0.2) is 18.5 Å². The van der Waals surface area contributed by atoms with Crippen LogP contribution in [-0.2, 0) is 0 Å². The van der Waals surface area contributed by atoms with Gasteiger partial charge < -0.3 is 0 Å². The third-order valence-corrected chi connectivity index (χ3v) is 3.54. The van der Waals surface area contributed by atoms with E-state index in [1.807, 2.05) is 12.4 Å². The molecule has 0 aliphatic heterocycles. The minimum Gasteiger partial charge on any atom is -0.263 e. The highest BCUT2D eigenvalue weighted by Crippen LogP contribution is 2.27. The fourth-order valence-corrected chi connectivity index (χ4v) is 2.68. The number of fused-ring (bicyclic) bond motifs is 1. The van der Waals surface area contributed by atoms with Crippen molar-refractivity contribution in [2.75, 3.05) is 0 Å². The van der Waals surface area contributed by atoms with Crippen molar-refractivity contribution in [1.29, 1.82) is 0 Å². The zero-order valence-corrected chi connectivity index (χ0v) is 10.7. The first-order valence-corrected chi connectivity index (χ1v) is 5.69. The summed E-state index contributed by atoms with van der Waals surface area (Å²) < 4.78 is 1.24. The van der Waals surface area contributed by atoms with Gasteiger partial charge in [0.25, 0.3) is 0 Å². The number of pyridine rings is 1. The number of hydrogen-bond donors (Lipinski definition) is 0. The molecule has 1 heterocycles. The number of aryl methyl sites for hydroxylation is 3. The van der Waals surface area contributed by atoms with Crippen LogP contribution in [-0.4, -0.2) is 4.98 Å². The number of hydrogen-bond acceptors (Lipinski definition) is 1. The SMILES string of the molecule is Cc1cc(C)c2cncc(I)c2c1C. The summed E-state index contributed by atoms with van der Waals surface area (Å²) in [5.74, 6) is 0. The fraction of sp³-hybridized carbons (Fsp3) is 0.250. The van der Waals surface area contributed by atoms with Crippen LogP contribution >= 0.6 is 22.6 Å². The van der Waals surface area contributed by atoms with Crippen LogP contribution in [0.4, 0.5) is 0 Å². The van der Waals surface area contributed by atoms with E-state index in [4.69, 9.17) is 0 Å². The molecule has 2 aromatic rings. The maximum atomic E-state index is 4.24. The Balaban J connectivity index is 3.03. The second-order valence-electron chi connectivity index (χ2n) is 3.68. The molecular weight excluding hydrogens is 285 g/mol. The lowest BCUT2D eigenvalue weighted by Gasteiger charge is -2.10. The first-order valence-electron chi connectivity index (χ1n) is 4.61. The Hall–Kier alpha value is -0.640. The van der Waals surface area contributed by atoms with Gasteiger partial charge in [-0.3, -0.25) is 4.98 Å². The van der Waals surface area contributed by atoms with E-state index < -0.39 is 0 Å². The second-order valence-corrected chi connectivity index (χ2v) is 4.84. The van der Waals surface area contributed by atoms with E-state index in [2.05, 4.69) is 54.4 Å². The van der Waals surface area contributed by atoms with Crippen LogP contribution in [0.1, 0.15) is 16.7 Å². The van der Waals surface area contributed by atoms with Gasteiger partial charge in [0.05, 0.1) is 0 Å². The zero-order valence-electron chi connectivity index (χ0n) is 8.56. The molecule has 1 aromatic heterocycles. The molecule has 0 saturated carbocycles. The first kappa shape index (κ1) is 9.90. The summed E-state index contributed by atoms with van der Waals surface area (Å²) in [6.45, 7) is 6.49. The maximum absolute atomic E-state index is 4.24. The van der Waals surface area contributed by atoms with Crippen molar-refractivity contribution in [3.05, 3.63) is 38.7 Å². The topological polar surface area (TPSA) is 12.9 Å². The lowest BCUT2D eigenvalue weighted by molar-refractivity contribution is 1.29. The minimum absolute atomic E-state index is 1.24. The van der Waals surface area contributed by atoms with Gasteiger partial charge in [-0.25, -0.2) is 0 Å². The molecule has 0 aliphatic rings. The molecule has 1 nitrogen and oxygen atoms in total. The van der Waals surface area contributed by atoms with Crippen molar-refractivity contribution in [3.8, 4) is 0 Å². The first-order chi connectivity index (χ1) is 6.61. The summed E-state index contributed by atoms with van der Waals surface area (Å²) in [6.07, 6.45) is 3.88. The van der Waals surface area contributed by atoms with Gasteiger partial charge in [-0.15, -0.1) is 0 Å². The van der Waals surface area contributed by atoms with Gasteiger partial charge in [0, 0.05) is 26.7 Å². The normalized spacial score (nSPS) is 10.9. The van der Waals surface area contributed by atoms with Crippen molar-refractivity contribution < 1.29 is 0 Å². The molecule has 0 unspecified atom stereocenters. The van der Waals surface area contributed by atoms with Crippen molar-refractivity contribution in [3.63, 3.8) is 0 Å². The van der Waals surface area contributed by atoms with E-state index in [0.717, 1.165) is 0 Å². The third kappa shape index (κ3) is 1.41. The molecule has 1 aromatic carbocycles. The van der Waals surface area contributed by atoms with Gasteiger partial charge in [0.1, 0.15) is 0 Å². The quantitative estimate of drug-likeness (QED) is 0.675. The molecule has 0 amide bonds. The summed E-state index contributed by atoms with van der Waals surface area (Å²) >= 11 is 2.35. The van der Waals surface area contributed by atoms with Crippen LogP contribution < -0.4 is 0 Å². The predicted octanol–water partition coefficient (Wildman–Crippen LogP) is 3.76. The Kier molecular flexibility index (Phi) is 2.47. The Morgan fingerprint density at radius 2 is 1.79 bits per heavy atom. The van der Waals surface area contributed by atoms with Gasteiger partial charge in [-0.2, -0.15) is 0 Å². The highest BCUT2D eigenvalue weighted by atomic mass is 127. The summed E-state index contributed by atoms with van der Waals surface area (Å²) in [5.41, 5.74) is 4.05. The maximum Gasteiger partial charge on any atom is 0.0408 e. The summed E-state index contributed by atoms with van der Waals surface area (Å²) in [6, 6.07) is 2.23. The average molecular weight is 297 g/mol. The molecule has 72 valence electrons. The van der Waals surface area contributed by atoms with Crippen LogP contribution in [0.2, 0.25) is 0 Å². The van der Waals surface area contributed by atoms with Gasteiger partial charge in [-0.1, -0.05) is 6.07 Å². The molecule has 0 fully saturated rings. The Morgan fingerprint density at radius 3 is 2.50 bits per heavy atom. The van der Waals surface area contributed by atoms with Crippen molar-refractivity contribution >= 4 is 33.4 Å². The van der Waals surface area contributed by atoms with Gasteiger partial charge in [0.2, 0.25) is 0 Å². The molecule has 0 saturated heterocycles. The fourth-order valence-electron chi connectivity index (χ4n) is 1.82. The molecule has 0 N–H and O–H groups in total. The van der Waals surface area contributed by atoms with Crippen LogP contribution in [0.5, 0.6) is 0 Å². The Bertz CT molecular complexity index is 503. The lowest BCUT2D eigenvalue weighted by Crippen LogP contribution is -1.91. The van der Waals surface area contributed by atoms with Crippen molar-refractivity contribution in [2.24, 2.45) is 0 Å². The van der Waals surface area contributed by atoms with E-state index in [-0.39, 0.29) is 0 Å². The van der Waals surface area contributed by atoms with E-state index in [0.29, 0.717) is 0 Å². The van der Waals surface area contributed by atoms with Crippen LogP contribution in [0.3, 0.4) is 0 Å². The lowest BCUT2D eigenvalue weighted by atomic mass is 9.99. The Labute approximate surface area is 97.7 Å². The van der Waals surface area contributed by atoms with E-state index >= 15 is 0 Å². The highest BCUT2D eigenvalue weighted by Gasteiger charge is 2.06. The molecule has 0 radical (unpaired) electrons. The average Bonchev–Trinajstić information content (AvgIpc) is 2.14. The molecule has 0 spiro atoms. The zero-order chi connectivity index (χ0) is 10.3. The van der Waals surface area contributed by atoms with Gasteiger partial charge >= 0.3 is 0 Å². The third-order valence-electron chi connectivity index (χ3n) is 2.72. The van der Waals surface area contributed by atoms with Crippen LogP contribution in [0, 0.1) is 24.3 Å². The second kappa shape index (κ2) is 3.50. The number of nitrogens with zero attached hydrogens (tertiary/aromatic N) is 1. The van der Waals surface area contributed by atoms with Crippen LogP contribution in [0.25, 0.3) is 10.8 Å². The molecule has 2 heteroatoms. The highest BCUT2D eigenvalue weighted by molar-refractivity contribution is 14.1. The molecular formula is C12H12IN. The largest absolute Gasteiger partial charge is 0.263 e. The van der Waals surface area contributed by atoms with Gasteiger partial charge in [0.15, 0.2) is 0 Å². The number of benzene rings is 1. The molecule has 2 rings (SSSR count). The molecule has 14 heavy (non-hydrogen) atoms. The summed E-state index contributed by atoms with van der Waals surface area (Å²) in [7, 11) is 0. The van der Waals surface area contributed by atoms with E-state index in [9.17, 15) is 0 Å². The summed E-state index contributed by atoms with van der Waals surface area (Å²) in [4.78, 5) is 4.24. The Morgan fingerprint density at radius 1 is 1.07 bits per heavy atom. The minimum atomic E-state index is 1.24. The smallest absolute Gasteiger partial charge is 0.0408 e. The van der Waals surface area contributed by atoms with E-state index in [1.165, 1.54) is 31.0 Å². The molecule has 0 bridgehead atoms. The monoisotopic (exact) mass is 297 g/mol. The van der Waals surface area contributed by atoms with Crippen molar-refractivity contribution in [2.45, 2.75) is 20.8 Å². The number of aromatic nitrogens is 1.